The van der Waals surface area contributed by atoms with Crippen LogP contribution in [0.2, 0.25) is 0 Å². The lowest BCUT2D eigenvalue weighted by atomic mass is 9.97. The standard InChI is InChI=1S/C24H22N2OS/c1-15(2)17-10-6-8-16(3)23(17)26-24(27)19-14-21(22-12-7-13-28-22)25-20-11-5-4-9-18(19)20/h4-15H,1-3H3,(H,26,27). The van der Waals surface area contributed by atoms with Gasteiger partial charge in [0.2, 0.25) is 0 Å². The summed E-state index contributed by atoms with van der Waals surface area (Å²) in [5.74, 6) is 0.221. The highest BCUT2D eigenvalue weighted by atomic mass is 32.1. The van der Waals surface area contributed by atoms with E-state index in [-0.39, 0.29) is 5.91 Å². The Kier molecular flexibility index (Phi) is 4.97. The molecule has 4 aromatic rings. The second-order valence-electron chi connectivity index (χ2n) is 7.20. The Morgan fingerprint density at radius 2 is 1.86 bits per heavy atom. The van der Waals surface area contributed by atoms with Gasteiger partial charge in [0.1, 0.15) is 0 Å². The van der Waals surface area contributed by atoms with E-state index >= 15 is 0 Å². The summed E-state index contributed by atoms with van der Waals surface area (Å²) >= 11 is 1.62. The van der Waals surface area contributed by atoms with Gasteiger partial charge in [0.15, 0.2) is 0 Å². The Bertz CT molecular complexity index is 1150. The van der Waals surface area contributed by atoms with Crippen molar-refractivity contribution in [2.24, 2.45) is 0 Å². The van der Waals surface area contributed by atoms with Gasteiger partial charge in [-0.25, -0.2) is 4.98 Å². The van der Waals surface area contributed by atoms with Gasteiger partial charge in [-0.1, -0.05) is 56.3 Å². The smallest absolute Gasteiger partial charge is 0.256 e. The number of hydrogen-bond acceptors (Lipinski definition) is 3. The Labute approximate surface area is 169 Å². The van der Waals surface area contributed by atoms with Crippen molar-refractivity contribution in [3.8, 4) is 10.6 Å². The van der Waals surface area contributed by atoms with E-state index < -0.39 is 0 Å². The molecule has 4 rings (SSSR count). The maximum atomic E-state index is 13.3. The highest BCUT2D eigenvalue weighted by Gasteiger charge is 2.17. The number of carbonyl (C=O) groups excluding carboxylic acids is 1. The highest BCUT2D eigenvalue weighted by Crippen LogP contribution is 2.31. The molecule has 0 spiro atoms. The first-order valence-electron chi connectivity index (χ1n) is 9.39. The molecule has 0 aliphatic heterocycles. The van der Waals surface area contributed by atoms with Crippen LogP contribution in [0.4, 0.5) is 5.69 Å². The van der Waals surface area contributed by atoms with Crippen molar-refractivity contribution in [2.45, 2.75) is 26.7 Å². The second-order valence-corrected chi connectivity index (χ2v) is 8.15. The number of rotatable bonds is 4. The molecule has 2 heterocycles. The molecule has 1 amide bonds. The first kappa shape index (κ1) is 18.4. The van der Waals surface area contributed by atoms with Crippen LogP contribution in [0.3, 0.4) is 0 Å². The molecular weight excluding hydrogens is 364 g/mol. The molecular formula is C24H22N2OS. The quantitative estimate of drug-likeness (QED) is 0.427. The molecule has 4 heteroatoms. The summed E-state index contributed by atoms with van der Waals surface area (Å²) < 4.78 is 0. The van der Waals surface area contributed by atoms with Crippen molar-refractivity contribution >= 4 is 33.8 Å². The molecule has 0 atom stereocenters. The molecule has 0 aliphatic carbocycles. The van der Waals surface area contributed by atoms with E-state index in [1.54, 1.807) is 11.3 Å². The van der Waals surface area contributed by atoms with Crippen LogP contribution in [0.15, 0.2) is 66.0 Å². The monoisotopic (exact) mass is 386 g/mol. The minimum atomic E-state index is -0.104. The van der Waals surface area contributed by atoms with E-state index in [0.717, 1.165) is 38.3 Å². The number of thiophene rings is 1. The van der Waals surface area contributed by atoms with Crippen LogP contribution in [0.5, 0.6) is 0 Å². The Morgan fingerprint density at radius 3 is 2.61 bits per heavy atom. The van der Waals surface area contributed by atoms with Crippen molar-refractivity contribution in [2.75, 3.05) is 5.32 Å². The number of pyridine rings is 1. The summed E-state index contributed by atoms with van der Waals surface area (Å²) in [5.41, 5.74) is 5.41. The normalized spacial score (nSPS) is 11.1. The average Bonchev–Trinajstić information content (AvgIpc) is 3.23. The zero-order chi connectivity index (χ0) is 19.7. The third-order valence-corrected chi connectivity index (χ3v) is 5.79. The van der Waals surface area contributed by atoms with E-state index in [4.69, 9.17) is 4.98 Å². The van der Waals surface area contributed by atoms with Crippen LogP contribution in [-0.4, -0.2) is 10.9 Å². The van der Waals surface area contributed by atoms with Gasteiger partial charge in [-0.15, -0.1) is 11.3 Å². The fraction of sp³-hybridized carbons (Fsp3) is 0.167. The summed E-state index contributed by atoms with van der Waals surface area (Å²) in [6.45, 7) is 6.31. The molecule has 140 valence electrons. The third-order valence-electron chi connectivity index (χ3n) is 4.90. The van der Waals surface area contributed by atoms with Crippen LogP contribution >= 0.6 is 11.3 Å². The van der Waals surface area contributed by atoms with Crippen LogP contribution in [-0.2, 0) is 0 Å². The van der Waals surface area contributed by atoms with Gasteiger partial charge >= 0.3 is 0 Å². The number of nitrogens with one attached hydrogen (secondary N) is 1. The predicted octanol–water partition coefficient (Wildman–Crippen LogP) is 6.65. The van der Waals surface area contributed by atoms with Gasteiger partial charge in [0, 0.05) is 11.1 Å². The first-order chi connectivity index (χ1) is 13.5. The van der Waals surface area contributed by atoms with E-state index in [2.05, 4.69) is 25.2 Å². The lowest BCUT2D eigenvalue weighted by molar-refractivity contribution is 0.102. The largest absolute Gasteiger partial charge is 0.321 e. The van der Waals surface area contributed by atoms with E-state index in [0.29, 0.717) is 11.5 Å². The summed E-state index contributed by atoms with van der Waals surface area (Å²) in [7, 11) is 0. The molecule has 28 heavy (non-hydrogen) atoms. The van der Waals surface area contributed by atoms with Gasteiger partial charge < -0.3 is 5.32 Å². The third kappa shape index (κ3) is 3.43. The minimum absolute atomic E-state index is 0.104. The van der Waals surface area contributed by atoms with Gasteiger partial charge in [0.25, 0.3) is 5.91 Å². The van der Waals surface area contributed by atoms with Crippen LogP contribution in [0.25, 0.3) is 21.5 Å². The zero-order valence-corrected chi connectivity index (χ0v) is 17.0. The van der Waals surface area contributed by atoms with E-state index in [1.807, 2.05) is 66.9 Å². The first-order valence-corrected chi connectivity index (χ1v) is 10.3. The fourth-order valence-corrected chi connectivity index (χ4v) is 4.12. The average molecular weight is 387 g/mol. The Balaban J connectivity index is 1.82. The topological polar surface area (TPSA) is 42.0 Å². The molecule has 2 aromatic carbocycles. The number of hydrogen-bond donors (Lipinski definition) is 1. The summed E-state index contributed by atoms with van der Waals surface area (Å²) in [5, 5.41) is 6.06. The van der Waals surface area contributed by atoms with Crippen molar-refractivity contribution < 1.29 is 4.79 Å². The van der Waals surface area contributed by atoms with E-state index in [1.165, 1.54) is 0 Å². The number of nitrogens with zero attached hydrogens (tertiary/aromatic N) is 1. The van der Waals surface area contributed by atoms with Gasteiger partial charge in [-0.05, 0) is 47.5 Å². The predicted molar refractivity (Wildman–Crippen MR) is 118 cm³/mol. The second kappa shape index (κ2) is 7.56. The Hall–Kier alpha value is -2.98. The summed E-state index contributed by atoms with van der Waals surface area (Å²) in [6.07, 6.45) is 0. The lowest BCUT2D eigenvalue weighted by Gasteiger charge is -2.17. The molecule has 0 unspecified atom stereocenters. The Morgan fingerprint density at radius 1 is 1.04 bits per heavy atom. The van der Waals surface area contributed by atoms with Gasteiger partial charge in [0.05, 0.1) is 21.7 Å². The fourth-order valence-electron chi connectivity index (χ4n) is 3.44. The number of para-hydroxylation sites is 2. The molecule has 2 aromatic heterocycles. The number of aryl methyl sites for hydroxylation is 1. The molecule has 1 N–H and O–H groups in total. The lowest BCUT2D eigenvalue weighted by Crippen LogP contribution is -2.15. The van der Waals surface area contributed by atoms with Crippen molar-refractivity contribution in [1.82, 2.24) is 4.98 Å². The highest BCUT2D eigenvalue weighted by molar-refractivity contribution is 7.13. The molecule has 0 fully saturated rings. The molecule has 0 saturated carbocycles. The molecule has 0 aliphatic rings. The molecule has 0 bridgehead atoms. The SMILES string of the molecule is Cc1cccc(C(C)C)c1NC(=O)c1cc(-c2cccs2)nc2ccccc12. The van der Waals surface area contributed by atoms with Gasteiger partial charge in [-0.3, -0.25) is 4.79 Å². The van der Waals surface area contributed by atoms with Crippen LogP contribution < -0.4 is 5.32 Å². The maximum absolute atomic E-state index is 13.3. The van der Waals surface area contributed by atoms with Crippen molar-refractivity contribution in [3.05, 3.63) is 82.7 Å². The summed E-state index contributed by atoms with van der Waals surface area (Å²) in [4.78, 5) is 19.2. The summed E-state index contributed by atoms with van der Waals surface area (Å²) in [6, 6.07) is 19.9. The zero-order valence-electron chi connectivity index (χ0n) is 16.2. The van der Waals surface area contributed by atoms with Crippen LogP contribution in [0.1, 0.15) is 41.3 Å². The number of benzene rings is 2. The number of aromatic nitrogens is 1. The minimum Gasteiger partial charge on any atom is -0.321 e. The number of amides is 1. The van der Waals surface area contributed by atoms with Gasteiger partial charge in [-0.2, -0.15) is 0 Å². The molecule has 0 radical (unpaired) electrons. The van der Waals surface area contributed by atoms with Crippen molar-refractivity contribution in [3.63, 3.8) is 0 Å². The van der Waals surface area contributed by atoms with Crippen LogP contribution in [0, 0.1) is 6.92 Å². The molecule has 0 saturated heterocycles. The number of fused-ring (bicyclic) bond motifs is 1. The number of carbonyl (C=O) groups is 1. The maximum Gasteiger partial charge on any atom is 0.256 e. The van der Waals surface area contributed by atoms with E-state index in [9.17, 15) is 4.79 Å². The van der Waals surface area contributed by atoms with Crippen molar-refractivity contribution in [1.29, 1.82) is 0 Å². The number of anilines is 1. The molecule has 3 nitrogen and oxygen atoms in total.